The van der Waals surface area contributed by atoms with Gasteiger partial charge in [-0.2, -0.15) is 0 Å². The number of hydrogen-bond acceptors (Lipinski definition) is 8. The summed E-state index contributed by atoms with van der Waals surface area (Å²) in [7, 11) is 4.34. The van der Waals surface area contributed by atoms with Gasteiger partial charge in [0.25, 0.3) is 5.56 Å². The van der Waals surface area contributed by atoms with E-state index in [1.165, 1.54) is 25.9 Å². The molecule has 45 heavy (non-hydrogen) atoms. The summed E-state index contributed by atoms with van der Waals surface area (Å²) in [6, 6.07) is 27.1. The van der Waals surface area contributed by atoms with Crippen molar-refractivity contribution in [2.24, 2.45) is 0 Å². The van der Waals surface area contributed by atoms with Crippen LogP contribution in [0.3, 0.4) is 0 Å². The number of fused-ring (bicyclic) bond motifs is 2. The maximum absolute atomic E-state index is 14.3. The topological polar surface area (TPSA) is 115 Å². The Balaban J connectivity index is 1.58. The molecule has 2 heterocycles. The van der Waals surface area contributed by atoms with Gasteiger partial charge in [0.1, 0.15) is 34.0 Å². The number of nitrogens with two attached hydrogens (primary N) is 1. The molecule has 0 bridgehead atoms. The van der Waals surface area contributed by atoms with Crippen molar-refractivity contribution < 1.29 is 23.7 Å². The van der Waals surface area contributed by atoms with Gasteiger partial charge in [-0.3, -0.25) is 9.36 Å². The number of carbonyl (C=O) groups excluding carboxylic acids is 1. The number of ether oxygens (including phenoxy) is 4. The number of rotatable bonds is 8. The van der Waals surface area contributed by atoms with E-state index in [0.29, 0.717) is 55.0 Å². The van der Waals surface area contributed by atoms with Crippen molar-refractivity contribution in [1.29, 1.82) is 0 Å². The van der Waals surface area contributed by atoms with Gasteiger partial charge >= 0.3 is 5.97 Å². The number of benzene rings is 4. The standard InChI is InChI=1S/C35H28BrN3O6/c1-42-29-16-21(17-30(43-2)32(29)36)31-26-15-14-25(45-19-23-11-8-20-6-4-5-7-28(20)38-23)18-27(26)34(40)39(33(31)35(41)44-3)24-12-9-22(37)10-13-24/h4-18H,19,37H2,1-3H3. The summed E-state index contributed by atoms with van der Waals surface area (Å²) in [4.78, 5) is 32.5. The normalized spacial score (nSPS) is 11.0. The van der Waals surface area contributed by atoms with Crippen LogP contribution >= 0.6 is 15.9 Å². The van der Waals surface area contributed by atoms with Crippen LogP contribution in [0.15, 0.2) is 100 Å². The Bertz CT molecular complexity index is 2120. The van der Waals surface area contributed by atoms with Gasteiger partial charge in [0.05, 0.1) is 37.9 Å². The Hall–Kier alpha value is -5.35. The van der Waals surface area contributed by atoms with Gasteiger partial charge in [-0.05, 0) is 93.6 Å². The highest BCUT2D eigenvalue weighted by Crippen LogP contribution is 2.42. The number of anilines is 1. The van der Waals surface area contributed by atoms with Crippen molar-refractivity contribution in [2.45, 2.75) is 6.61 Å². The van der Waals surface area contributed by atoms with Gasteiger partial charge in [0, 0.05) is 22.3 Å². The maximum atomic E-state index is 14.3. The Morgan fingerprint density at radius 1 is 0.867 bits per heavy atom. The van der Waals surface area contributed by atoms with Gasteiger partial charge in [-0.15, -0.1) is 0 Å². The molecular formula is C35H28BrN3O6. The first-order chi connectivity index (χ1) is 21.8. The summed E-state index contributed by atoms with van der Waals surface area (Å²) in [6.45, 7) is 0.191. The van der Waals surface area contributed by atoms with Gasteiger partial charge < -0.3 is 24.7 Å². The van der Waals surface area contributed by atoms with E-state index in [1.807, 2.05) is 36.4 Å². The van der Waals surface area contributed by atoms with Crippen molar-refractivity contribution >= 4 is 49.3 Å². The lowest BCUT2D eigenvalue weighted by Crippen LogP contribution is -2.27. The smallest absolute Gasteiger partial charge is 0.355 e. The molecule has 0 unspecified atom stereocenters. The zero-order chi connectivity index (χ0) is 31.7. The van der Waals surface area contributed by atoms with Crippen LogP contribution in [0.25, 0.3) is 38.5 Å². The second-order valence-corrected chi connectivity index (χ2v) is 10.9. The van der Waals surface area contributed by atoms with E-state index in [2.05, 4.69) is 20.9 Å². The lowest BCUT2D eigenvalue weighted by atomic mass is 9.95. The molecule has 0 radical (unpaired) electrons. The molecule has 6 rings (SSSR count). The molecule has 2 N–H and O–H groups in total. The highest BCUT2D eigenvalue weighted by Gasteiger charge is 2.27. The molecular weight excluding hydrogens is 638 g/mol. The number of esters is 1. The Morgan fingerprint density at radius 2 is 1.58 bits per heavy atom. The summed E-state index contributed by atoms with van der Waals surface area (Å²) in [6.07, 6.45) is 0. The fourth-order valence-corrected chi connectivity index (χ4v) is 5.83. The number of carbonyl (C=O) groups is 1. The minimum atomic E-state index is -0.704. The molecule has 226 valence electrons. The average molecular weight is 667 g/mol. The molecule has 2 aromatic heterocycles. The lowest BCUT2D eigenvalue weighted by molar-refractivity contribution is 0.0591. The van der Waals surface area contributed by atoms with E-state index in [0.717, 1.165) is 16.6 Å². The first-order valence-corrected chi connectivity index (χ1v) is 14.7. The number of methoxy groups -OCH3 is 3. The second kappa shape index (κ2) is 12.3. The zero-order valence-corrected chi connectivity index (χ0v) is 26.3. The number of hydrogen-bond donors (Lipinski definition) is 1. The zero-order valence-electron chi connectivity index (χ0n) is 24.7. The summed E-state index contributed by atoms with van der Waals surface area (Å²) >= 11 is 3.52. The number of nitrogen functional groups attached to an aromatic ring is 1. The van der Waals surface area contributed by atoms with E-state index in [1.54, 1.807) is 54.6 Å². The van der Waals surface area contributed by atoms with Crippen LogP contribution in [0.4, 0.5) is 5.69 Å². The van der Waals surface area contributed by atoms with Crippen LogP contribution in [0.5, 0.6) is 17.2 Å². The first-order valence-electron chi connectivity index (χ1n) is 13.9. The largest absolute Gasteiger partial charge is 0.495 e. The highest BCUT2D eigenvalue weighted by atomic mass is 79.9. The van der Waals surface area contributed by atoms with E-state index in [-0.39, 0.29) is 12.3 Å². The van der Waals surface area contributed by atoms with Crippen molar-refractivity contribution in [3.63, 3.8) is 0 Å². The molecule has 0 aliphatic rings. The van der Waals surface area contributed by atoms with Gasteiger partial charge in [-0.25, -0.2) is 9.78 Å². The summed E-state index contributed by atoms with van der Waals surface area (Å²) in [5, 5.41) is 1.86. The van der Waals surface area contributed by atoms with Crippen LogP contribution in [-0.2, 0) is 11.3 Å². The molecule has 9 nitrogen and oxygen atoms in total. The third-order valence-corrected chi connectivity index (χ3v) is 8.24. The Labute approximate surface area is 266 Å². The van der Waals surface area contributed by atoms with Crippen molar-refractivity contribution in [1.82, 2.24) is 9.55 Å². The van der Waals surface area contributed by atoms with Crippen LogP contribution in [0, 0.1) is 0 Å². The average Bonchev–Trinajstić information content (AvgIpc) is 3.07. The molecule has 0 saturated heterocycles. The van der Waals surface area contributed by atoms with Crippen LogP contribution in [0.2, 0.25) is 0 Å². The summed E-state index contributed by atoms with van der Waals surface area (Å²) in [5.74, 6) is 0.702. The summed E-state index contributed by atoms with van der Waals surface area (Å²) < 4.78 is 24.5. The molecule has 0 fully saturated rings. The number of halogens is 1. The molecule has 0 aliphatic heterocycles. The predicted octanol–water partition coefficient (Wildman–Crippen LogP) is 6.93. The van der Waals surface area contributed by atoms with Gasteiger partial charge in [0.2, 0.25) is 0 Å². The Kier molecular flexibility index (Phi) is 8.14. The third kappa shape index (κ3) is 5.56. The number of para-hydroxylation sites is 1. The molecule has 10 heteroatoms. The monoisotopic (exact) mass is 665 g/mol. The van der Waals surface area contributed by atoms with E-state index in [4.69, 9.17) is 24.7 Å². The van der Waals surface area contributed by atoms with Crippen LogP contribution in [-0.4, -0.2) is 36.8 Å². The van der Waals surface area contributed by atoms with Crippen molar-refractivity contribution in [2.75, 3.05) is 27.1 Å². The van der Waals surface area contributed by atoms with Crippen molar-refractivity contribution in [3.05, 3.63) is 117 Å². The van der Waals surface area contributed by atoms with E-state index in [9.17, 15) is 9.59 Å². The molecule has 4 aromatic carbocycles. The Morgan fingerprint density at radius 3 is 2.27 bits per heavy atom. The summed E-state index contributed by atoms with van der Waals surface area (Å²) in [5.41, 5.74) is 9.10. The molecule has 0 spiro atoms. The number of nitrogens with zero attached hydrogens (tertiary/aromatic N) is 2. The number of pyridine rings is 2. The molecule has 0 aliphatic carbocycles. The minimum Gasteiger partial charge on any atom is -0.495 e. The van der Waals surface area contributed by atoms with Gasteiger partial charge in [-0.1, -0.05) is 24.3 Å². The SMILES string of the molecule is COC(=O)c1c(-c2cc(OC)c(Br)c(OC)c2)c2ccc(OCc3ccc4ccccc4n3)cc2c(=O)n1-c1ccc(N)cc1. The van der Waals surface area contributed by atoms with Gasteiger partial charge in [0.15, 0.2) is 0 Å². The third-order valence-electron chi connectivity index (χ3n) is 7.46. The lowest BCUT2D eigenvalue weighted by Gasteiger charge is -2.20. The molecule has 0 saturated carbocycles. The van der Waals surface area contributed by atoms with E-state index < -0.39 is 11.5 Å². The van der Waals surface area contributed by atoms with E-state index >= 15 is 0 Å². The predicted molar refractivity (Wildman–Crippen MR) is 178 cm³/mol. The van der Waals surface area contributed by atoms with Crippen molar-refractivity contribution in [3.8, 4) is 34.1 Å². The molecule has 0 amide bonds. The highest BCUT2D eigenvalue weighted by molar-refractivity contribution is 9.10. The maximum Gasteiger partial charge on any atom is 0.355 e. The van der Waals surface area contributed by atoms with Crippen LogP contribution < -0.4 is 25.5 Å². The second-order valence-electron chi connectivity index (χ2n) is 10.1. The first kappa shape index (κ1) is 29.7. The fourth-order valence-electron chi connectivity index (χ4n) is 5.28. The quantitative estimate of drug-likeness (QED) is 0.137. The van der Waals surface area contributed by atoms with Crippen LogP contribution in [0.1, 0.15) is 16.2 Å². The minimum absolute atomic E-state index is 0.0280. The fraction of sp³-hybridized carbons (Fsp3) is 0.114. The number of aromatic nitrogens is 2. The molecule has 0 atom stereocenters. The molecule has 6 aromatic rings.